The molecule has 1 aliphatic heterocycles. The Morgan fingerprint density at radius 2 is 2.07 bits per heavy atom. The van der Waals surface area contributed by atoms with Gasteiger partial charge in [-0.15, -0.1) is 0 Å². The van der Waals surface area contributed by atoms with Crippen LogP contribution < -0.4 is 0 Å². The first kappa shape index (κ1) is 8.14. The van der Waals surface area contributed by atoms with Crippen LogP contribution >= 0.6 is 0 Å². The average molecular weight is 202 g/mol. The molecule has 0 spiro atoms. The van der Waals surface area contributed by atoms with E-state index in [9.17, 15) is 4.79 Å². The van der Waals surface area contributed by atoms with Gasteiger partial charge in [0.05, 0.1) is 0 Å². The van der Waals surface area contributed by atoms with Crippen molar-refractivity contribution in [3.63, 3.8) is 0 Å². The third kappa shape index (κ3) is 0.804. The molecule has 0 N–H and O–H groups in total. The lowest BCUT2D eigenvalue weighted by atomic mass is 9.85. The van der Waals surface area contributed by atoms with E-state index in [1.807, 2.05) is 0 Å². The van der Waals surface area contributed by atoms with E-state index >= 15 is 0 Å². The summed E-state index contributed by atoms with van der Waals surface area (Å²) in [5, 5.41) is 0. The maximum absolute atomic E-state index is 11.4. The molecule has 0 aromatic heterocycles. The highest BCUT2D eigenvalue weighted by atomic mass is 16.6. The highest BCUT2D eigenvalue weighted by molar-refractivity contribution is 5.91. The topological polar surface area (TPSA) is 26.3 Å². The van der Waals surface area contributed by atoms with Crippen molar-refractivity contribution in [2.45, 2.75) is 18.9 Å². The van der Waals surface area contributed by atoms with Crippen LogP contribution in [0.1, 0.15) is 12.8 Å². The van der Waals surface area contributed by atoms with E-state index in [-0.39, 0.29) is 12.1 Å². The number of esters is 1. The zero-order valence-corrected chi connectivity index (χ0v) is 8.56. The first-order chi connectivity index (χ1) is 7.25. The molecule has 0 aromatic rings. The third-order valence-corrected chi connectivity index (χ3v) is 4.94. The standard InChI is InChI=1S/C13H14O2/c1-6-9-5-10-7-2-3-8(4-7)11(10)12(9)15-13(6)14/h2-3,7-12H,1,4-5H2/t7-,8-,9-,10-,11+,12+/m1/s1. The zero-order chi connectivity index (χ0) is 10.2. The van der Waals surface area contributed by atoms with E-state index in [4.69, 9.17) is 4.74 Å². The van der Waals surface area contributed by atoms with Gasteiger partial charge in [-0.05, 0) is 30.6 Å². The summed E-state index contributed by atoms with van der Waals surface area (Å²) in [4.78, 5) is 11.4. The summed E-state index contributed by atoms with van der Waals surface area (Å²) < 4.78 is 5.49. The van der Waals surface area contributed by atoms with Gasteiger partial charge in [-0.25, -0.2) is 4.79 Å². The molecular weight excluding hydrogens is 188 g/mol. The summed E-state index contributed by atoms with van der Waals surface area (Å²) in [5.74, 6) is 2.99. The number of carbonyl (C=O) groups is 1. The molecule has 15 heavy (non-hydrogen) atoms. The van der Waals surface area contributed by atoms with Gasteiger partial charge in [0.15, 0.2) is 0 Å². The number of hydrogen-bond acceptors (Lipinski definition) is 2. The van der Waals surface area contributed by atoms with Crippen LogP contribution in [-0.2, 0) is 9.53 Å². The monoisotopic (exact) mass is 202 g/mol. The summed E-state index contributed by atoms with van der Waals surface area (Å²) in [6.45, 7) is 3.88. The Hall–Kier alpha value is -1.05. The SMILES string of the molecule is C=C1C(=O)O[C@@H]2[C@@H]3[C@H](C[C@H]12)[C@@H]1C=C[C@@H]3C1. The van der Waals surface area contributed by atoms with Crippen LogP contribution in [0, 0.1) is 29.6 Å². The molecule has 4 aliphatic rings. The predicted molar refractivity (Wildman–Crippen MR) is 54.8 cm³/mol. The van der Waals surface area contributed by atoms with E-state index in [1.165, 1.54) is 6.42 Å². The van der Waals surface area contributed by atoms with Crippen molar-refractivity contribution in [2.75, 3.05) is 0 Å². The molecule has 3 aliphatic carbocycles. The highest BCUT2D eigenvalue weighted by Gasteiger charge is 2.60. The Labute approximate surface area is 89.0 Å². The smallest absolute Gasteiger partial charge is 0.334 e. The van der Waals surface area contributed by atoms with Crippen molar-refractivity contribution in [1.82, 2.24) is 0 Å². The fourth-order valence-electron chi connectivity index (χ4n) is 4.33. The molecule has 2 saturated carbocycles. The lowest BCUT2D eigenvalue weighted by Crippen LogP contribution is -2.25. The van der Waals surface area contributed by atoms with E-state index in [0.29, 0.717) is 17.8 Å². The quantitative estimate of drug-likeness (QED) is 0.341. The predicted octanol–water partition coefficient (Wildman–Crippen LogP) is 1.93. The first-order valence-electron chi connectivity index (χ1n) is 5.84. The van der Waals surface area contributed by atoms with E-state index in [1.54, 1.807) is 0 Å². The molecule has 3 fully saturated rings. The van der Waals surface area contributed by atoms with Gasteiger partial charge in [0.1, 0.15) is 6.10 Å². The molecule has 6 atom stereocenters. The maximum atomic E-state index is 11.4. The normalized spacial score (nSPS) is 54.7. The fraction of sp³-hybridized carbons (Fsp3) is 0.615. The lowest BCUT2D eigenvalue weighted by Gasteiger charge is -2.23. The molecule has 4 rings (SSSR count). The number of carbonyl (C=O) groups excluding carboxylic acids is 1. The number of ether oxygens (including phenoxy) is 1. The lowest BCUT2D eigenvalue weighted by molar-refractivity contribution is -0.141. The van der Waals surface area contributed by atoms with Crippen LogP contribution in [0.25, 0.3) is 0 Å². The molecule has 0 unspecified atom stereocenters. The van der Waals surface area contributed by atoms with Gasteiger partial charge in [0.25, 0.3) is 0 Å². The summed E-state index contributed by atoms with van der Waals surface area (Å²) in [6, 6.07) is 0. The molecule has 78 valence electrons. The van der Waals surface area contributed by atoms with E-state index < -0.39 is 0 Å². The molecular formula is C13H14O2. The Balaban J connectivity index is 1.74. The highest BCUT2D eigenvalue weighted by Crippen LogP contribution is 2.60. The molecule has 1 heterocycles. The number of fused-ring (bicyclic) bond motifs is 7. The minimum absolute atomic E-state index is 0.143. The summed E-state index contributed by atoms with van der Waals surface area (Å²) >= 11 is 0. The van der Waals surface area contributed by atoms with Crippen LogP contribution in [0.3, 0.4) is 0 Å². The van der Waals surface area contributed by atoms with Gasteiger partial charge in [0.2, 0.25) is 0 Å². The van der Waals surface area contributed by atoms with Gasteiger partial charge < -0.3 is 4.74 Å². The molecule has 1 saturated heterocycles. The minimum Gasteiger partial charge on any atom is -0.458 e. The Kier molecular flexibility index (Phi) is 1.29. The fourth-order valence-corrected chi connectivity index (χ4v) is 4.33. The Morgan fingerprint density at radius 1 is 1.27 bits per heavy atom. The van der Waals surface area contributed by atoms with Crippen molar-refractivity contribution in [2.24, 2.45) is 29.6 Å². The van der Waals surface area contributed by atoms with Gasteiger partial charge in [0, 0.05) is 17.4 Å². The minimum atomic E-state index is -0.143. The van der Waals surface area contributed by atoms with Gasteiger partial charge >= 0.3 is 5.97 Å². The van der Waals surface area contributed by atoms with E-state index in [2.05, 4.69) is 18.7 Å². The second-order valence-electron chi connectivity index (χ2n) is 5.43. The molecule has 0 aromatic carbocycles. The second kappa shape index (κ2) is 2.37. The zero-order valence-electron chi connectivity index (χ0n) is 8.56. The van der Waals surface area contributed by atoms with Crippen LogP contribution in [0.4, 0.5) is 0 Å². The first-order valence-corrected chi connectivity index (χ1v) is 5.84. The van der Waals surface area contributed by atoms with Gasteiger partial charge in [-0.1, -0.05) is 18.7 Å². The van der Waals surface area contributed by atoms with Crippen LogP contribution in [0.15, 0.2) is 24.3 Å². The maximum Gasteiger partial charge on any atom is 0.334 e. The van der Waals surface area contributed by atoms with Crippen LogP contribution in [0.5, 0.6) is 0 Å². The molecule has 2 bridgehead atoms. The summed E-state index contributed by atoms with van der Waals surface area (Å²) in [6.07, 6.45) is 7.30. The van der Waals surface area contributed by atoms with Gasteiger partial charge in [-0.3, -0.25) is 0 Å². The summed E-state index contributed by atoms with van der Waals surface area (Å²) in [5.41, 5.74) is 0.730. The summed E-state index contributed by atoms with van der Waals surface area (Å²) in [7, 11) is 0. The number of rotatable bonds is 0. The van der Waals surface area contributed by atoms with Crippen molar-refractivity contribution in [3.05, 3.63) is 24.3 Å². The Morgan fingerprint density at radius 3 is 2.93 bits per heavy atom. The van der Waals surface area contributed by atoms with Crippen molar-refractivity contribution in [3.8, 4) is 0 Å². The third-order valence-electron chi connectivity index (χ3n) is 4.94. The largest absolute Gasteiger partial charge is 0.458 e. The molecule has 2 heteroatoms. The van der Waals surface area contributed by atoms with Crippen LogP contribution in [-0.4, -0.2) is 12.1 Å². The van der Waals surface area contributed by atoms with Gasteiger partial charge in [-0.2, -0.15) is 0 Å². The number of allylic oxidation sites excluding steroid dienone is 2. The molecule has 0 radical (unpaired) electrons. The van der Waals surface area contributed by atoms with Crippen LogP contribution in [0.2, 0.25) is 0 Å². The van der Waals surface area contributed by atoms with Crippen molar-refractivity contribution < 1.29 is 9.53 Å². The number of hydrogen-bond donors (Lipinski definition) is 0. The van der Waals surface area contributed by atoms with E-state index in [0.717, 1.165) is 23.8 Å². The average Bonchev–Trinajstić information content (AvgIpc) is 2.89. The second-order valence-corrected chi connectivity index (χ2v) is 5.43. The van der Waals surface area contributed by atoms with Crippen molar-refractivity contribution >= 4 is 5.97 Å². The molecule has 0 amide bonds. The van der Waals surface area contributed by atoms with Crippen molar-refractivity contribution in [1.29, 1.82) is 0 Å². The molecule has 2 nitrogen and oxygen atoms in total. The Bertz CT molecular complexity index is 395.